The number of anilines is 1. The van der Waals surface area contributed by atoms with Crippen molar-refractivity contribution in [3.63, 3.8) is 0 Å². The maximum Gasteiger partial charge on any atom is 0.200 e. The first kappa shape index (κ1) is 18.5. The number of nitrogens with one attached hydrogen (secondary N) is 1. The molecule has 0 spiro atoms. The molecular weight excluding hydrogens is 374 g/mol. The standard InChI is InChI=1S/C13H2F10N2/c14-3-2(4(15)6(17)7(18)5(3)16)1-24-25-13-11(22)9(20)8(19)10(21)12(13)23/h1,25H/b24-1+. The molecule has 2 aromatic carbocycles. The fourth-order valence-electron chi connectivity index (χ4n) is 1.60. The van der Waals surface area contributed by atoms with Gasteiger partial charge in [0.2, 0.25) is 11.6 Å². The molecule has 25 heavy (non-hydrogen) atoms. The normalized spacial score (nSPS) is 11.4. The fraction of sp³-hybridized carbons (Fsp3) is 0. The first-order valence-corrected chi connectivity index (χ1v) is 5.91. The van der Waals surface area contributed by atoms with Gasteiger partial charge in [-0.25, -0.2) is 43.9 Å². The van der Waals surface area contributed by atoms with Crippen molar-refractivity contribution in [2.75, 3.05) is 5.43 Å². The van der Waals surface area contributed by atoms with Gasteiger partial charge in [-0.1, -0.05) is 0 Å². The molecule has 1 N–H and O–H groups in total. The average Bonchev–Trinajstić information content (AvgIpc) is 2.60. The smallest absolute Gasteiger partial charge is 0.200 e. The van der Waals surface area contributed by atoms with E-state index in [2.05, 4.69) is 5.10 Å². The van der Waals surface area contributed by atoms with Crippen molar-refractivity contribution in [1.82, 2.24) is 0 Å². The summed E-state index contributed by atoms with van der Waals surface area (Å²) in [5.74, 6) is -23.6. The molecule has 0 radical (unpaired) electrons. The van der Waals surface area contributed by atoms with Gasteiger partial charge in [0.15, 0.2) is 46.5 Å². The Balaban J connectivity index is 2.45. The topological polar surface area (TPSA) is 24.4 Å². The van der Waals surface area contributed by atoms with E-state index in [1.54, 1.807) is 0 Å². The third-order valence-corrected chi connectivity index (χ3v) is 2.82. The van der Waals surface area contributed by atoms with Gasteiger partial charge in [-0.05, 0) is 0 Å². The number of benzene rings is 2. The van der Waals surface area contributed by atoms with Gasteiger partial charge in [0, 0.05) is 0 Å². The molecule has 0 bridgehead atoms. The van der Waals surface area contributed by atoms with Gasteiger partial charge in [0.1, 0.15) is 5.69 Å². The number of rotatable bonds is 3. The summed E-state index contributed by atoms with van der Waals surface area (Å²) in [6.07, 6.45) is -0.0890. The predicted molar refractivity (Wildman–Crippen MR) is 63.7 cm³/mol. The minimum Gasteiger partial charge on any atom is -0.272 e. The Morgan fingerprint density at radius 2 is 0.800 bits per heavy atom. The fourth-order valence-corrected chi connectivity index (χ4v) is 1.60. The highest BCUT2D eigenvalue weighted by Gasteiger charge is 2.26. The van der Waals surface area contributed by atoms with E-state index in [0.717, 1.165) is 0 Å². The van der Waals surface area contributed by atoms with Crippen molar-refractivity contribution >= 4 is 11.9 Å². The summed E-state index contributed by atoms with van der Waals surface area (Å²) in [5, 5.41) is 2.73. The highest BCUT2D eigenvalue weighted by molar-refractivity contribution is 5.81. The van der Waals surface area contributed by atoms with Gasteiger partial charge in [0.05, 0.1) is 11.8 Å². The Kier molecular flexibility index (Phi) is 4.90. The average molecular weight is 376 g/mol. The SMILES string of the molecule is Fc1c(F)c(F)c(/C=N/Nc2c(F)c(F)c(F)c(F)c2F)c(F)c1F. The Morgan fingerprint density at radius 1 is 0.480 bits per heavy atom. The third-order valence-electron chi connectivity index (χ3n) is 2.82. The van der Waals surface area contributed by atoms with Gasteiger partial charge in [0.25, 0.3) is 0 Å². The molecule has 2 rings (SSSR count). The zero-order valence-corrected chi connectivity index (χ0v) is 11.3. The molecular formula is C13H2F10N2. The zero-order valence-electron chi connectivity index (χ0n) is 11.3. The maximum absolute atomic E-state index is 13.3. The molecule has 2 aromatic rings. The molecule has 0 atom stereocenters. The molecule has 0 aromatic heterocycles. The van der Waals surface area contributed by atoms with Crippen LogP contribution in [0.3, 0.4) is 0 Å². The highest BCUT2D eigenvalue weighted by Crippen LogP contribution is 2.27. The van der Waals surface area contributed by atoms with E-state index in [0.29, 0.717) is 0 Å². The van der Waals surface area contributed by atoms with Crippen LogP contribution >= 0.6 is 0 Å². The van der Waals surface area contributed by atoms with Crippen LogP contribution in [0.4, 0.5) is 49.6 Å². The summed E-state index contributed by atoms with van der Waals surface area (Å²) in [6.45, 7) is 0. The summed E-state index contributed by atoms with van der Waals surface area (Å²) in [5.41, 5.74) is -2.05. The minimum atomic E-state index is -2.47. The lowest BCUT2D eigenvalue weighted by atomic mass is 10.2. The van der Waals surface area contributed by atoms with Crippen LogP contribution < -0.4 is 5.43 Å². The number of hydrogen-bond donors (Lipinski definition) is 1. The molecule has 12 heteroatoms. The van der Waals surface area contributed by atoms with E-state index in [1.165, 1.54) is 5.43 Å². The monoisotopic (exact) mass is 376 g/mol. The van der Waals surface area contributed by atoms with E-state index in [-0.39, 0.29) is 6.21 Å². The Labute approximate surface area is 131 Å². The van der Waals surface area contributed by atoms with E-state index < -0.39 is 69.4 Å². The molecule has 0 saturated heterocycles. The first-order chi connectivity index (χ1) is 11.6. The lowest BCUT2D eigenvalue weighted by molar-refractivity contribution is 0.377. The molecule has 0 saturated carbocycles. The Morgan fingerprint density at radius 3 is 1.20 bits per heavy atom. The lowest BCUT2D eigenvalue weighted by Crippen LogP contribution is -2.09. The highest BCUT2D eigenvalue weighted by atomic mass is 19.2. The molecule has 0 aliphatic carbocycles. The number of halogens is 10. The van der Waals surface area contributed by atoms with Crippen molar-refractivity contribution < 1.29 is 43.9 Å². The van der Waals surface area contributed by atoms with Crippen molar-refractivity contribution in [3.05, 3.63) is 63.7 Å². The van der Waals surface area contributed by atoms with Crippen LogP contribution in [0, 0.1) is 58.2 Å². The van der Waals surface area contributed by atoms with Crippen molar-refractivity contribution in [3.8, 4) is 0 Å². The molecule has 0 aliphatic rings. The Bertz CT molecular complexity index is 835. The van der Waals surface area contributed by atoms with Crippen LogP contribution in [0.5, 0.6) is 0 Å². The van der Waals surface area contributed by atoms with Crippen LogP contribution in [0.25, 0.3) is 0 Å². The minimum absolute atomic E-state index is 0.0890. The van der Waals surface area contributed by atoms with E-state index >= 15 is 0 Å². The lowest BCUT2D eigenvalue weighted by Gasteiger charge is -2.07. The van der Waals surface area contributed by atoms with E-state index in [1.807, 2.05) is 0 Å². The second-order valence-corrected chi connectivity index (χ2v) is 4.30. The number of nitrogens with zero attached hydrogens (tertiary/aromatic N) is 1. The van der Waals surface area contributed by atoms with Crippen LogP contribution in [0.15, 0.2) is 5.10 Å². The Hall–Kier alpha value is -2.79. The van der Waals surface area contributed by atoms with Crippen LogP contribution in [0.2, 0.25) is 0 Å². The summed E-state index contributed by atoms with van der Waals surface area (Å²) in [6, 6.07) is 0. The van der Waals surface area contributed by atoms with E-state index in [4.69, 9.17) is 0 Å². The molecule has 134 valence electrons. The van der Waals surface area contributed by atoms with Gasteiger partial charge in [-0.3, -0.25) is 5.43 Å². The van der Waals surface area contributed by atoms with Crippen LogP contribution in [0.1, 0.15) is 5.56 Å². The third kappa shape index (κ3) is 2.98. The summed E-state index contributed by atoms with van der Waals surface area (Å²) in [7, 11) is 0. The van der Waals surface area contributed by atoms with E-state index in [9.17, 15) is 43.9 Å². The number of hydrazone groups is 1. The second kappa shape index (κ2) is 6.61. The quantitative estimate of drug-likeness (QED) is 0.275. The van der Waals surface area contributed by atoms with Crippen molar-refractivity contribution in [2.24, 2.45) is 5.10 Å². The van der Waals surface area contributed by atoms with Gasteiger partial charge < -0.3 is 0 Å². The van der Waals surface area contributed by atoms with Crippen molar-refractivity contribution in [1.29, 1.82) is 0 Å². The predicted octanol–water partition coefficient (Wildman–Crippen LogP) is 4.52. The van der Waals surface area contributed by atoms with Gasteiger partial charge in [-0.2, -0.15) is 5.10 Å². The summed E-state index contributed by atoms with van der Waals surface area (Å²) >= 11 is 0. The van der Waals surface area contributed by atoms with Crippen molar-refractivity contribution in [2.45, 2.75) is 0 Å². The zero-order chi connectivity index (χ0) is 19.0. The molecule has 2 nitrogen and oxygen atoms in total. The molecule has 0 heterocycles. The first-order valence-electron chi connectivity index (χ1n) is 5.91. The summed E-state index contributed by atoms with van der Waals surface area (Å²) in [4.78, 5) is 0. The number of hydrogen-bond acceptors (Lipinski definition) is 2. The molecule has 0 amide bonds. The largest absolute Gasteiger partial charge is 0.272 e. The molecule has 0 fully saturated rings. The molecule has 0 unspecified atom stereocenters. The summed E-state index contributed by atoms with van der Waals surface area (Å²) < 4.78 is 131. The maximum atomic E-state index is 13.3. The van der Waals surface area contributed by atoms with Gasteiger partial charge in [-0.15, -0.1) is 0 Å². The van der Waals surface area contributed by atoms with Gasteiger partial charge >= 0.3 is 0 Å². The molecule has 0 aliphatic heterocycles. The van der Waals surface area contributed by atoms with Crippen LogP contribution in [-0.4, -0.2) is 6.21 Å². The van der Waals surface area contributed by atoms with Crippen LogP contribution in [-0.2, 0) is 0 Å². The second-order valence-electron chi connectivity index (χ2n) is 4.30.